The lowest BCUT2D eigenvalue weighted by Gasteiger charge is -2.29. The second-order valence-corrected chi connectivity index (χ2v) is 12.5. The smallest absolute Gasteiger partial charge is 0.262 e. The van der Waals surface area contributed by atoms with Gasteiger partial charge in [0.2, 0.25) is 17.7 Å². The molecular weight excluding hydrogens is 528 g/mol. The van der Waals surface area contributed by atoms with Crippen LogP contribution in [-0.4, -0.2) is 54.6 Å². The Bertz CT molecular complexity index is 1190. The van der Waals surface area contributed by atoms with Crippen molar-refractivity contribution in [3.05, 3.63) is 35.2 Å². The molecule has 1 aliphatic carbocycles. The summed E-state index contributed by atoms with van der Waals surface area (Å²) >= 11 is 1.37. The summed E-state index contributed by atoms with van der Waals surface area (Å²) in [6, 6.07) is 7.02. The Balaban J connectivity index is 1.45. The van der Waals surface area contributed by atoms with Crippen LogP contribution in [0.3, 0.4) is 0 Å². The van der Waals surface area contributed by atoms with Gasteiger partial charge in [0, 0.05) is 17.2 Å². The Labute approximate surface area is 239 Å². The van der Waals surface area contributed by atoms with Gasteiger partial charge in [-0.05, 0) is 48.6 Å². The highest BCUT2D eigenvalue weighted by molar-refractivity contribution is 7.20. The molecule has 1 aliphatic heterocycles. The molecule has 0 unspecified atom stereocenters. The highest BCUT2D eigenvalue weighted by atomic mass is 32.1. The predicted octanol–water partition coefficient (Wildman–Crippen LogP) is 3.32. The summed E-state index contributed by atoms with van der Waals surface area (Å²) in [5.74, 6) is -1.57. The van der Waals surface area contributed by atoms with E-state index in [1.807, 2.05) is 44.2 Å². The van der Waals surface area contributed by atoms with E-state index in [1.165, 1.54) is 11.3 Å². The van der Waals surface area contributed by atoms with Gasteiger partial charge in [0.15, 0.2) is 0 Å². The molecule has 2 fully saturated rings. The average Bonchev–Trinajstić information content (AvgIpc) is 3.57. The van der Waals surface area contributed by atoms with Crippen LogP contribution in [0.2, 0.25) is 0 Å². The number of hydrogen-bond donors (Lipinski definition) is 4. The number of aldehydes is 1. The summed E-state index contributed by atoms with van der Waals surface area (Å²) in [6.45, 7) is 4.26. The maximum Gasteiger partial charge on any atom is 0.262 e. The van der Waals surface area contributed by atoms with Crippen molar-refractivity contribution in [2.45, 2.75) is 83.3 Å². The number of thiophene rings is 1. The lowest BCUT2D eigenvalue weighted by molar-refractivity contribution is -0.132. The van der Waals surface area contributed by atoms with Crippen LogP contribution >= 0.6 is 11.3 Å². The number of benzene rings is 1. The summed E-state index contributed by atoms with van der Waals surface area (Å²) in [5, 5.41) is 12.3. The van der Waals surface area contributed by atoms with Crippen LogP contribution in [0.4, 0.5) is 0 Å². The predicted molar refractivity (Wildman–Crippen MR) is 155 cm³/mol. The first-order chi connectivity index (χ1) is 19.2. The van der Waals surface area contributed by atoms with Crippen molar-refractivity contribution < 1.29 is 24.0 Å². The summed E-state index contributed by atoms with van der Waals surface area (Å²) < 4.78 is 0.988. The van der Waals surface area contributed by atoms with Crippen LogP contribution in [0.1, 0.15) is 74.9 Å². The Morgan fingerprint density at radius 3 is 2.40 bits per heavy atom. The highest BCUT2D eigenvalue weighted by Gasteiger charge is 2.33. The van der Waals surface area contributed by atoms with Crippen LogP contribution in [0.5, 0.6) is 0 Å². The van der Waals surface area contributed by atoms with Crippen LogP contribution in [0.25, 0.3) is 10.1 Å². The molecule has 1 saturated heterocycles. The molecule has 4 rings (SSSR count). The second-order valence-electron chi connectivity index (χ2n) is 11.4. The van der Waals surface area contributed by atoms with Gasteiger partial charge in [-0.3, -0.25) is 19.2 Å². The van der Waals surface area contributed by atoms with E-state index in [4.69, 9.17) is 0 Å². The summed E-state index contributed by atoms with van der Waals surface area (Å²) in [4.78, 5) is 64.4. The molecule has 1 saturated carbocycles. The van der Waals surface area contributed by atoms with Crippen molar-refractivity contribution in [3.8, 4) is 0 Å². The van der Waals surface area contributed by atoms with Gasteiger partial charge >= 0.3 is 0 Å². The van der Waals surface area contributed by atoms with E-state index in [1.54, 1.807) is 0 Å². The van der Waals surface area contributed by atoms with Crippen molar-refractivity contribution in [3.63, 3.8) is 0 Å². The number of amides is 4. The highest BCUT2D eigenvalue weighted by Crippen LogP contribution is 2.28. The SMILES string of the molecule is CC(C)[C@H](NC(=O)c1cc2ccccc2s1)C(=O)N[C@@H](CC1CCCCC1)C(=O)N[C@H](C=O)C[C@@H]1CCNC1=O. The first kappa shape index (κ1) is 29.7. The topological polar surface area (TPSA) is 133 Å². The molecule has 0 spiro atoms. The molecule has 0 bridgehead atoms. The fourth-order valence-corrected chi connectivity index (χ4v) is 6.66. The Morgan fingerprint density at radius 1 is 1.00 bits per heavy atom. The number of rotatable bonds is 12. The maximum absolute atomic E-state index is 13.5. The Kier molecular flexibility index (Phi) is 10.3. The van der Waals surface area contributed by atoms with Crippen LogP contribution in [0.15, 0.2) is 30.3 Å². The molecule has 1 aromatic heterocycles. The minimum atomic E-state index is -0.849. The van der Waals surface area contributed by atoms with Gasteiger partial charge < -0.3 is 26.1 Å². The standard InChI is InChI=1S/C30H40N4O5S/c1-18(2)26(34-29(38)25-16-20-10-6-7-11-24(20)40-25)30(39)33-23(14-19-8-4-3-5-9-19)28(37)32-22(17-35)15-21-12-13-31-27(21)36/h6-7,10-11,16-19,21-23,26H,3-5,8-9,12-15H2,1-2H3,(H,31,36)(H,32,37)(H,33,39)(H,34,38)/t21-,22-,23-,26-/m0/s1. The van der Waals surface area contributed by atoms with Gasteiger partial charge in [-0.1, -0.05) is 64.2 Å². The lowest BCUT2D eigenvalue weighted by Crippen LogP contribution is -2.57. The van der Waals surface area contributed by atoms with Crippen LogP contribution in [-0.2, 0) is 19.2 Å². The Hall–Kier alpha value is -3.27. The molecule has 40 heavy (non-hydrogen) atoms. The van der Waals surface area contributed by atoms with Gasteiger partial charge in [0.1, 0.15) is 18.4 Å². The Morgan fingerprint density at radius 2 is 1.75 bits per heavy atom. The molecule has 2 heterocycles. The molecule has 1 aromatic carbocycles. The maximum atomic E-state index is 13.5. The van der Waals surface area contributed by atoms with Crippen LogP contribution < -0.4 is 21.3 Å². The lowest BCUT2D eigenvalue weighted by atomic mass is 9.84. The van der Waals surface area contributed by atoms with Crippen LogP contribution in [0, 0.1) is 17.8 Å². The zero-order valence-corrected chi connectivity index (χ0v) is 24.1. The summed E-state index contributed by atoms with van der Waals surface area (Å²) in [7, 11) is 0. The number of nitrogens with one attached hydrogen (secondary N) is 4. The van der Waals surface area contributed by atoms with E-state index in [0.29, 0.717) is 30.5 Å². The normalized spacial score (nSPS) is 20.0. The minimum Gasteiger partial charge on any atom is -0.356 e. The van der Waals surface area contributed by atoms with E-state index in [9.17, 15) is 24.0 Å². The van der Waals surface area contributed by atoms with Crippen molar-refractivity contribution in [2.75, 3.05) is 6.54 Å². The average molecular weight is 569 g/mol. The quantitative estimate of drug-likeness (QED) is 0.292. The molecular formula is C30H40N4O5S. The zero-order chi connectivity index (χ0) is 28.6. The molecule has 2 aromatic rings. The molecule has 10 heteroatoms. The minimum absolute atomic E-state index is 0.109. The van der Waals surface area contributed by atoms with E-state index in [2.05, 4.69) is 21.3 Å². The second kappa shape index (κ2) is 13.9. The molecule has 4 N–H and O–H groups in total. The summed E-state index contributed by atoms with van der Waals surface area (Å²) in [6.07, 6.45) is 7.26. The van der Waals surface area contributed by atoms with Gasteiger partial charge in [-0.25, -0.2) is 0 Å². The fraction of sp³-hybridized carbons (Fsp3) is 0.567. The largest absolute Gasteiger partial charge is 0.356 e. The first-order valence-electron chi connectivity index (χ1n) is 14.4. The van der Waals surface area contributed by atoms with Gasteiger partial charge in [0.05, 0.1) is 10.9 Å². The number of carbonyl (C=O) groups excluding carboxylic acids is 5. The number of hydrogen-bond acceptors (Lipinski definition) is 6. The third kappa shape index (κ3) is 7.68. The molecule has 4 atom stereocenters. The van der Waals surface area contributed by atoms with E-state index in [-0.39, 0.29) is 36.0 Å². The third-order valence-electron chi connectivity index (χ3n) is 8.00. The zero-order valence-electron chi connectivity index (χ0n) is 23.2. The van der Waals surface area contributed by atoms with Gasteiger partial charge in [-0.2, -0.15) is 0 Å². The van der Waals surface area contributed by atoms with E-state index < -0.39 is 29.9 Å². The number of fused-ring (bicyclic) bond motifs is 1. The summed E-state index contributed by atoms with van der Waals surface area (Å²) in [5.41, 5.74) is 0. The molecule has 9 nitrogen and oxygen atoms in total. The van der Waals surface area contributed by atoms with Gasteiger partial charge in [0.25, 0.3) is 5.91 Å². The first-order valence-corrected chi connectivity index (χ1v) is 15.2. The molecule has 216 valence electrons. The van der Waals surface area contributed by atoms with E-state index in [0.717, 1.165) is 42.2 Å². The monoisotopic (exact) mass is 568 g/mol. The van der Waals surface area contributed by atoms with Crippen molar-refractivity contribution in [2.24, 2.45) is 17.8 Å². The number of carbonyl (C=O) groups is 5. The van der Waals surface area contributed by atoms with Crippen molar-refractivity contribution in [1.29, 1.82) is 0 Å². The molecule has 2 aliphatic rings. The van der Waals surface area contributed by atoms with Crippen molar-refractivity contribution >= 4 is 51.3 Å². The van der Waals surface area contributed by atoms with E-state index >= 15 is 0 Å². The van der Waals surface area contributed by atoms with Gasteiger partial charge in [-0.15, -0.1) is 11.3 Å². The molecule has 4 amide bonds. The fourth-order valence-electron chi connectivity index (χ4n) is 5.70. The third-order valence-corrected chi connectivity index (χ3v) is 9.12. The molecule has 0 radical (unpaired) electrons. The van der Waals surface area contributed by atoms with Crippen molar-refractivity contribution in [1.82, 2.24) is 21.3 Å².